The number of carboxylic acid groups (broad SMARTS) is 1. The van der Waals surface area contributed by atoms with Crippen LogP contribution < -0.4 is 0 Å². The molecule has 2 aromatic heterocycles. The molecule has 0 spiro atoms. The van der Waals surface area contributed by atoms with E-state index in [1.807, 2.05) is 0 Å². The third-order valence-corrected chi connectivity index (χ3v) is 2.19. The van der Waals surface area contributed by atoms with E-state index in [1.54, 1.807) is 30.6 Å². The highest BCUT2D eigenvalue weighted by atomic mass is 16.4. The van der Waals surface area contributed by atoms with Crippen molar-refractivity contribution in [3.8, 4) is 11.3 Å². The Morgan fingerprint density at radius 1 is 1.47 bits per heavy atom. The predicted molar refractivity (Wildman–Crippen MR) is 60.4 cm³/mol. The van der Waals surface area contributed by atoms with Gasteiger partial charge in [-0.15, -0.1) is 11.7 Å². The van der Waals surface area contributed by atoms with Crippen molar-refractivity contribution in [3.63, 3.8) is 0 Å². The molecule has 0 aliphatic carbocycles. The molecule has 6 nitrogen and oxygen atoms in total. The molecule has 1 N–H and O–H groups in total. The van der Waals surface area contributed by atoms with E-state index in [9.17, 15) is 4.79 Å². The average molecular weight is 230 g/mol. The van der Waals surface area contributed by atoms with Crippen LogP contribution in [0.1, 0.15) is 10.5 Å². The van der Waals surface area contributed by atoms with Crippen molar-refractivity contribution in [1.82, 2.24) is 20.0 Å². The van der Waals surface area contributed by atoms with Gasteiger partial charge in [0, 0.05) is 18.0 Å². The van der Waals surface area contributed by atoms with Crippen LogP contribution in [-0.4, -0.2) is 31.1 Å². The molecule has 86 valence electrons. The number of hydrogen-bond acceptors (Lipinski definition) is 4. The van der Waals surface area contributed by atoms with E-state index >= 15 is 0 Å². The van der Waals surface area contributed by atoms with Crippen molar-refractivity contribution in [2.24, 2.45) is 0 Å². The fourth-order valence-electron chi connectivity index (χ4n) is 1.50. The molecule has 0 saturated carbocycles. The number of pyridine rings is 1. The number of rotatable bonds is 4. The first-order chi connectivity index (χ1) is 8.24. The zero-order valence-electron chi connectivity index (χ0n) is 8.95. The number of carbonyl (C=O) groups is 1. The molecule has 0 unspecified atom stereocenters. The van der Waals surface area contributed by atoms with Crippen LogP contribution in [0.15, 0.2) is 37.2 Å². The van der Waals surface area contributed by atoms with Crippen LogP contribution in [0.2, 0.25) is 0 Å². The fourth-order valence-corrected chi connectivity index (χ4v) is 1.50. The van der Waals surface area contributed by atoms with E-state index in [-0.39, 0.29) is 5.69 Å². The molecule has 2 rings (SSSR count). The molecule has 0 aliphatic rings. The summed E-state index contributed by atoms with van der Waals surface area (Å²) >= 11 is 0. The van der Waals surface area contributed by atoms with E-state index in [0.717, 1.165) is 0 Å². The van der Waals surface area contributed by atoms with Gasteiger partial charge in [0.2, 0.25) is 0 Å². The van der Waals surface area contributed by atoms with Gasteiger partial charge in [0.25, 0.3) is 0 Å². The summed E-state index contributed by atoms with van der Waals surface area (Å²) in [6.45, 7) is 4.00. The lowest BCUT2D eigenvalue weighted by Gasteiger charge is -2.04. The second kappa shape index (κ2) is 4.56. The van der Waals surface area contributed by atoms with Gasteiger partial charge in [0.1, 0.15) is 5.69 Å². The number of hydrogen-bond donors (Lipinski definition) is 1. The normalized spacial score (nSPS) is 10.1. The summed E-state index contributed by atoms with van der Waals surface area (Å²) < 4.78 is 1.49. The molecule has 0 fully saturated rings. The Morgan fingerprint density at radius 2 is 2.18 bits per heavy atom. The third kappa shape index (κ3) is 2.05. The monoisotopic (exact) mass is 230 g/mol. The fraction of sp³-hybridized carbons (Fsp3) is 0.0909. The topological polar surface area (TPSA) is 80.9 Å². The highest BCUT2D eigenvalue weighted by Gasteiger charge is 2.19. The first-order valence-corrected chi connectivity index (χ1v) is 4.92. The number of allylic oxidation sites excluding steroid dienone is 1. The first-order valence-electron chi connectivity index (χ1n) is 4.92. The Balaban J connectivity index is 2.60. The summed E-state index contributed by atoms with van der Waals surface area (Å²) in [6.07, 6.45) is 4.81. The summed E-state index contributed by atoms with van der Waals surface area (Å²) in [6, 6.07) is 3.43. The smallest absolute Gasteiger partial charge is 0.358 e. The number of aromatic carboxylic acids is 1. The summed E-state index contributed by atoms with van der Waals surface area (Å²) in [4.78, 5) is 14.9. The molecular weight excluding hydrogens is 220 g/mol. The standard InChI is InChI=1S/C11H10N4O2/c1-2-7-15-10(8-3-5-12-6-4-8)9(11(16)17)13-14-15/h2-6H,1,7H2,(H,16,17). The number of nitrogens with zero attached hydrogens (tertiary/aromatic N) is 4. The molecule has 6 heteroatoms. The molecule has 2 aromatic rings. The molecule has 0 bridgehead atoms. The first kappa shape index (κ1) is 11.0. The van der Waals surface area contributed by atoms with Crippen molar-refractivity contribution in [1.29, 1.82) is 0 Å². The summed E-state index contributed by atoms with van der Waals surface area (Å²) in [7, 11) is 0. The van der Waals surface area contributed by atoms with Crippen molar-refractivity contribution in [3.05, 3.63) is 42.9 Å². The maximum atomic E-state index is 11.1. The van der Waals surface area contributed by atoms with E-state index in [0.29, 0.717) is 17.8 Å². The molecule has 2 heterocycles. The molecular formula is C11H10N4O2. The quantitative estimate of drug-likeness (QED) is 0.799. The average Bonchev–Trinajstić information content (AvgIpc) is 2.74. The van der Waals surface area contributed by atoms with Gasteiger partial charge in [0.15, 0.2) is 5.69 Å². The summed E-state index contributed by atoms with van der Waals surface area (Å²) in [5.41, 5.74) is 1.10. The maximum absolute atomic E-state index is 11.1. The molecule has 0 aromatic carbocycles. The van der Waals surface area contributed by atoms with Gasteiger partial charge in [-0.3, -0.25) is 4.98 Å². The molecule has 17 heavy (non-hydrogen) atoms. The SMILES string of the molecule is C=CCn1nnc(C(=O)O)c1-c1ccncc1. The molecule has 0 amide bonds. The van der Waals surface area contributed by atoms with Crippen molar-refractivity contribution in [2.75, 3.05) is 0 Å². The van der Waals surface area contributed by atoms with Crippen LogP contribution in [-0.2, 0) is 6.54 Å². The van der Waals surface area contributed by atoms with Gasteiger partial charge in [-0.05, 0) is 12.1 Å². The lowest BCUT2D eigenvalue weighted by atomic mass is 10.1. The van der Waals surface area contributed by atoms with E-state index in [2.05, 4.69) is 21.9 Å². The van der Waals surface area contributed by atoms with Crippen LogP contribution in [0.25, 0.3) is 11.3 Å². The molecule has 0 aliphatic heterocycles. The minimum absolute atomic E-state index is 0.0712. The highest BCUT2D eigenvalue weighted by molar-refractivity contribution is 5.92. The zero-order chi connectivity index (χ0) is 12.3. The number of aromatic nitrogens is 4. The third-order valence-electron chi connectivity index (χ3n) is 2.19. The van der Waals surface area contributed by atoms with Crippen LogP contribution >= 0.6 is 0 Å². The van der Waals surface area contributed by atoms with Crippen molar-refractivity contribution < 1.29 is 9.90 Å². The van der Waals surface area contributed by atoms with E-state index in [4.69, 9.17) is 5.11 Å². The minimum atomic E-state index is -1.10. The zero-order valence-corrected chi connectivity index (χ0v) is 8.95. The number of carboxylic acids is 1. The van der Waals surface area contributed by atoms with Gasteiger partial charge >= 0.3 is 5.97 Å². The Kier molecular flexibility index (Phi) is 2.95. The second-order valence-electron chi connectivity index (χ2n) is 3.30. The van der Waals surface area contributed by atoms with Gasteiger partial charge in [-0.25, -0.2) is 9.48 Å². The largest absolute Gasteiger partial charge is 0.476 e. The van der Waals surface area contributed by atoms with Crippen LogP contribution in [0.4, 0.5) is 0 Å². The molecule has 0 atom stereocenters. The Hall–Kier alpha value is -2.50. The molecule has 0 saturated heterocycles. The maximum Gasteiger partial charge on any atom is 0.358 e. The Bertz CT molecular complexity index is 548. The lowest BCUT2D eigenvalue weighted by molar-refractivity contribution is 0.0691. The van der Waals surface area contributed by atoms with E-state index in [1.165, 1.54) is 4.68 Å². The van der Waals surface area contributed by atoms with Crippen LogP contribution in [0.5, 0.6) is 0 Å². The van der Waals surface area contributed by atoms with Crippen LogP contribution in [0.3, 0.4) is 0 Å². The van der Waals surface area contributed by atoms with E-state index < -0.39 is 5.97 Å². The predicted octanol–water partition coefficient (Wildman–Crippen LogP) is 1.22. The molecule has 0 radical (unpaired) electrons. The summed E-state index contributed by atoms with van der Waals surface area (Å²) in [5, 5.41) is 16.5. The lowest BCUT2D eigenvalue weighted by Crippen LogP contribution is -2.03. The van der Waals surface area contributed by atoms with Gasteiger partial charge in [-0.1, -0.05) is 11.3 Å². The van der Waals surface area contributed by atoms with Crippen molar-refractivity contribution >= 4 is 5.97 Å². The Morgan fingerprint density at radius 3 is 2.76 bits per heavy atom. The van der Waals surface area contributed by atoms with Gasteiger partial charge in [-0.2, -0.15) is 0 Å². The highest BCUT2D eigenvalue weighted by Crippen LogP contribution is 2.21. The van der Waals surface area contributed by atoms with Crippen molar-refractivity contribution in [2.45, 2.75) is 6.54 Å². The van der Waals surface area contributed by atoms with Crippen LogP contribution in [0, 0.1) is 0 Å². The Labute approximate surface area is 97.2 Å². The van der Waals surface area contributed by atoms with Gasteiger partial charge in [0.05, 0.1) is 6.54 Å². The van der Waals surface area contributed by atoms with Gasteiger partial charge < -0.3 is 5.11 Å². The minimum Gasteiger partial charge on any atom is -0.476 e. The second-order valence-corrected chi connectivity index (χ2v) is 3.30. The summed E-state index contributed by atoms with van der Waals surface area (Å²) in [5.74, 6) is -1.10.